The van der Waals surface area contributed by atoms with Crippen LogP contribution in [0.5, 0.6) is 0 Å². The minimum absolute atomic E-state index is 0.0499. The number of hydrogen-bond acceptors (Lipinski definition) is 6. The van der Waals surface area contributed by atoms with E-state index in [0.717, 1.165) is 18.9 Å². The number of nitrogens with two attached hydrogens (primary N) is 1. The fourth-order valence-electron chi connectivity index (χ4n) is 0.909. The van der Waals surface area contributed by atoms with Crippen LogP contribution in [-0.4, -0.2) is 38.3 Å². The molecule has 1 atom stereocenters. The number of carbonyl (C=O) groups excluding carboxylic acids is 1. The fraction of sp³-hybridized carbons (Fsp3) is 0.727. The number of ether oxygens (including phenoxy) is 1. The van der Waals surface area contributed by atoms with Gasteiger partial charge in [-0.1, -0.05) is 26.3 Å². The predicted octanol–water partition coefficient (Wildman–Crippen LogP) is 1.13. The summed E-state index contributed by atoms with van der Waals surface area (Å²) in [7, 11) is -3.59. The molecule has 0 aromatic carbocycles. The molecule has 8 heteroatoms. The molecule has 0 bridgehead atoms. The molecule has 0 rings (SSSR count). The number of aliphatic hydroxyl groups is 1. The van der Waals surface area contributed by atoms with Gasteiger partial charge < -0.3 is 15.6 Å². The molecule has 0 spiro atoms. The van der Waals surface area contributed by atoms with Crippen LogP contribution in [0.1, 0.15) is 33.1 Å². The Labute approximate surface area is 114 Å². The van der Waals surface area contributed by atoms with Crippen molar-refractivity contribution < 1.29 is 27.2 Å². The first-order valence-corrected chi connectivity index (χ1v) is 7.50. The molecule has 114 valence electrons. The minimum atomic E-state index is -3.59. The van der Waals surface area contributed by atoms with Gasteiger partial charge >= 0.3 is 6.09 Å². The first kappa shape index (κ1) is 20.2. The zero-order valence-corrected chi connectivity index (χ0v) is 12.2. The molecule has 0 radical (unpaired) electrons. The first-order chi connectivity index (χ1) is 8.79. The monoisotopic (exact) mass is 297 g/mol. The number of rotatable bonds is 8. The SMILES string of the molecule is C=CC(O)OS(=O)(=O)CCCCC.CCOC(N)=O. The number of aliphatic hydroxyl groups excluding tert-OH is 1. The molecule has 0 fully saturated rings. The Bertz CT molecular complexity index is 341. The van der Waals surface area contributed by atoms with E-state index in [0.29, 0.717) is 13.0 Å². The third-order valence-electron chi connectivity index (χ3n) is 1.73. The van der Waals surface area contributed by atoms with Crippen molar-refractivity contribution in [1.82, 2.24) is 0 Å². The van der Waals surface area contributed by atoms with E-state index >= 15 is 0 Å². The summed E-state index contributed by atoms with van der Waals surface area (Å²) in [5, 5.41) is 8.83. The summed E-state index contributed by atoms with van der Waals surface area (Å²) in [6, 6.07) is 0. The van der Waals surface area contributed by atoms with Gasteiger partial charge in [0, 0.05) is 0 Å². The molecule has 0 aliphatic heterocycles. The van der Waals surface area contributed by atoms with E-state index in [1.807, 2.05) is 6.92 Å². The van der Waals surface area contributed by atoms with E-state index in [-0.39, 0.29) is 5.75 Å². The molecule has 1 unspecified atom stereocenters. The average molecular weight is 297 g/mol. The molecule has 7 nitrogen and oxygen atoms in total. The van der Waals surface area contributed by atoms with Gasteiger partial charge in [-0.2, -0.15) is 8.42 Å². The topological polar surface area (TPSA) is 116 Å². The maximum atomic E-state index is 11.0. The van der Waals surface area contributed by atoms with Gasteiger partial charge in [-0.15, -0.1) is 0 Å². The van der Waals surface area contributed by atoms with Crippen LogP contribution in [0.4, 0.5) is 4.79 Å². The summed E-state index contributed by atoms with van der Waals surface area (Å²) in [6.07, 6.45) is 1.23. The van der Waals surface area contributed by atoms with Crippen LogP contribution in [-0.2, 0) is 19.0 Å². The highest BCUT2D eigenvalue weighted by Gasteiger charge is 2.14. The summed E-state index contributed by atoms with van der Waals surface area (Å²) in [5.41, 5.74) is 4.54. The van der Waals surface area contributed by atoms with Crippen LogP contribution in [0, 0.1) is 0 Å². The molecule has 19 heavy (non-hydrogen) atoms. The summed E-state index contributed by atoms with van der Waals surface area (Å²) in [5.74, 6) is -0.0499. The fourth-order valence-corrected chi connectivity index (χ4v) is 1.94. The standard InChI is InChI=1S/C8H16O4S.C3H7NO2/c1-3-5-6-7-13(10,11)12-8(9)4-2;1-2-6-3(4)5/h4,8-9H,2-3,5-7H2,1H3;2H2,1H3,(H2,4,5). The smallest absolute Gasteiger partial charge is 0.404 e. The highest BCUT2D eigenvalue weighted by Crippen LogP contribution is 2.04. The predicted molar refractivity (Wildman–Crippen MR) is 71.8 cm³/mol. The Morgan fingerprint density at radius 2 is 2.00 bits per heavy atom. The third kappa shape index (κ3) is 16.9. The van der Waals surface area contributed by atoms with Gasteiger partial charge in [-0.3, -0.25) is 0 Å². The van der Waals surface area contributed by atoms with Crippen molar-refractivity contribution in [2.24, 2.45) is 5.73 Å². The van der Waals surface area contributed by atoms with Crippen molar-refractivity contribution in [2.45, 2.75) is 39.4 Å². The average Bonchev–Trinajstić information content (AvgIpc) is 2.29. The van der Waals surface area contributed by atoms with E-state index in [2.05, 4.69) is 21.2 Å². The molecule has 3 N–H and O–H groups in total. The molecule has 1 amide bonds. The molecule has 0 saturated carbocycles. The maximum Gasteiger partial charge on any atom is 0.404 e. The molecule has 0 aromatic rings. The van der Waals surface area contributed by atoms with Crippen LogP contribution in [0.3, 0.4) is 0 Å². The van der Waals surface area contributed by atoms with Gasteiger partial charge in [0.2, 0.25) is 0 Å². The van der Waals surface area contributed by atoms with E-state index < -0.39 is 22.5 Å². The van der Waals surface area contributed by atoms with Gasteiger partial charge in [-0.05, 0) is 19.4 Å². The Morgan fingerprint density at radius 1 is 1.42 bits per heavy atom. The van der Waals surface area contributed by atoms with Gasteiger partial charge in [0.05, 0.1) is 12.4 Å². The van der Waals surface area contributed by atoms with E-state index in [9.17, 15) is 13.2 Å². The van der Waals surface area contributed by atoms with Gasteiger partial charge in [0.15, 0.2) is 6.29 Å². The maximum absolute atomic E-state index is 11.0. The van der Waals surface area contributed by atoms with E-state index in [4.69, 9.17) is 5.11 Å². The first-order valence-electron chi connectivity index (χ1n) is 5.92. The van der Waals surface area contributed by atoms with Crippen LogP contribution in [0.25, 0.3) is 0 Å². The zero-order chi connectivity index (χ0) is 15.3. The Balaban J connectivity index is 0. The number of carbonyl (C=O) groups is 1. The Hall–Kier alpha value is -1.12. The molecule has 0 saturated heterocycles. The van der Waals surface area contributed by atoms with Crippen molar-refractivity contribution in [3.8, 4) is 0 Å². The Morgan fingerprint density at radius 3 is 2.32 bits per heavy atom. The lowest BCUT2D eigenvalue weighted by Gasteiger charge is -2.07. The van der Waals surface area contributed by atoms with Crippen molar-refractivity contribution >= 4 is 16.2 Å². The molecule has 0 aliphatic carbocycles. The number of hydrogen-bond donors (Lipinski definition) is 2. The largest absolute Gasteiger partial charge is 0.450 e. The van der Waals surface area contributed by atoms with Crippen molar-refractivity contribution in [3.63, 3.8) is 0 Å². The highest BCUT2D eigenvalue weighted by atomic mass is 32.2. The van der Waals surface area contributed by atoms with Crippen LogP contribution >= 0.6 is 0 Å². The second-order valence-corrected chi connectivity index (χ2v) is 5.16. The quantitative estimate of drug-likeness (QED) is 0.300. The van der Waals surface area contributed by atoms with Crippen molar-refractivity contribution in [1.29, 1.82) is 0 Å². The second kappa shape index (κ2) is 11.9. The summed E-state index contributed by atoms with van der Waals surface area (Å²) < 4.78 is 30.6. The summed E-state index contributed by atoms with van der Waals surface area (Å²) >= 11 is 0. The molecular formula is C11H23NO6S. The molecule has 0 aliphatic rings. The normalized spacial score (nSPS) is 11.9. The lowest BCUT2D eigenvalue weighted by atomic mass is 10.3. The number of primary amides is 1. The van der Waals surface area contributed by atoms with Crippen molar-refractivity contribution in [3.05, 3.63) is 12.7 Å². The van der Waals surface area contributed by atoms with Gasteiger partial charge in [-0.25, -0.2) is 8.98 Å². The third-order valence-corrected chi connectivity index (χ3v) is 3.01. The van der Waals surface area contributed by atoms with Crippen molar-refractivity contribution in [2.75, 3.05) is 12.4 Å². The summed E-state index contributed by atoms with van der Waals surface area (Å²) in [6.45, 7) is 7.24. The number of unbranched alkanes of at least 4 members (excludes halogenated alkanes) is 2. The molecule has 0 aromatic heterocycles. The molecule has 0 heterocycles. The van der Waals surface area contributed by atoms with E-state index in [1.165, 1.54) is 0 Å². The minimum Gasteiger partial charge on any atom is -0.450 e. The lowest BCUT2D eigenvalue weighted by Crippen LogP contribution is -2.18. The molecular weight excluding hydrogens is 274 g/mol. The van der Waals surface area contributed by atoms with Gasteiger partial charge in [0.1, 0.15) is 0 Å². The van der Waals surface area contributed by atoms with Gasteiger partial charge in [0.25, 0.3) is 10.1 Å². The van der Waals surface area contributed by atoms with Crippen LogP contribution < -0.4 is 5.73 Å². The zero-order valence-electron chi connectivity index (χ0n) is 11.4. The van der Waals surface area contributed by atoms with Crippen LogP contribution in [0.15, 0.2) is 12.7 Å². The second-order valence-electron chi connectivity index (χ2n) is 3.44. The summed E-state index contributed by atoms with van der Waals surface area (Å²) in [4.78, 5) is 9.60. The number of amides is 1. The van der Waals surface area contributed by atoms with Crippen LogP contribution in [0.2, 0.25) is 0 Å². The lowest BCUT2D eigenvalue weighted by molar-refractivity contribution is 0.0310. The van der Waals surface area contributed by atoms with E-state index in [1.54, 1.807) is 6.92 Å². The Kier molecular flexibility index (Phi) is 12.7. The highest BCUT2D eigenvalue weighted by molar-refractivity contribution is 7.86.